The molecule has 0 bridgehead atoms. The second-order valence-corrected chi connectivity index (χ2v) is 5.10. The van der Waals surface area contributed by atoms with Crippen molar-refractivity contribution in [2.75, 3.05) is 14.2 Å². The van der Waals surface area contributed by atoms with Gasteiger partial charge in [-0.15, -0.1) is 0 Å². The molecule has 3 rings (SSSR count). The van der Waals surface area contributed by atoms with Crippen LogP contribution in [0.15, 0.2) is 66.7 Å². The van der Waals surface area contributed by atoms with E-state index >= 15 is 0 Å². The van der Waals surface area contributed by atoms with E-state index in [0.717, 1.165) is 11.1 Å². The quantitative estimate of drug-likeness (QED) is 0.661. The monoisotopic (exact) mass is 308 g/mol. The van der Waals surface area contributed by atoms with Gasteiger partial charge in [-0.25, -0.2) is 4.39 Å². The molecule has 0 aliphatic heterocycles. The number of methoxy groups -OCH3 is 2. The van der Waals surface area contributed by atoms with Gasteiger partial charge in [0.25, 0.3) is 0 Å². The van der Waals surface area contributed by atoms with Crippen molar-refractivity contribution < 1.29 is 13.9 Å². The summed E-state index contributed by atoms with van der Waals surface area (Å²) < 4.78 is 25.5. The van der Waals surface area contributed by atoms with E-state index in [1.165, 1.54) is 6.07 Å². The Hall–Kier alpha value is -2.81. The van der Waals surface area contributed by atoms with Crippen LogP contribution >= 0.6 is 0 Å². The second kappa shape index (κ2) is 6.53. The van der Waals surface area contributed by atoms with Gasteiger partial charge in [0.15, 0.2) is 0 Å². The normalized spacial score (nSPS) is 10.4. The zero-order chi connectivity index (χ0) is 16.2. The molecule has 0 radical (unpaired) electrons. The molecular weight excluding hydrogens is 291 g/mol. The SMILES string of the molecule is COc1cccc(OC)c1-c1ccc(-c2ccccc2)cc1F. The minimum absolute atomic E-state index is 0.311. The third-order valence-corrected chi connectivity index (χ3v) is 3.77. The Balaban J connectivity index is 2.12. The number of halogens is 1. The molecule has 2 nitrogen and oxygen atoms in total. The van der Waals surface area contributed by atoms with Crippen molar-refractivity contribution in [3.8, 4) is 33.8 Å². The van der Waals surface area contributed by atoms with Crippen LogP contribution in [0.1, 0.15) is 0 Å². The van der Waals surface area contributed by atoms with Gasteiger partial charge < -0.3 is 9.47 Å². The molecule has 0 heterocycles. The van der Waals surface area contributed by atoms with E-state index in [-0.39, 0.29) is 5.82 Å². The fraction of sp³-hybridized carbons (Fsp3) is 0.100. The maximum absolute atomic E-state index is 14.7. The summed E-state index contributed by atoms with van der Waals surface area (Å²) in [5.74, 6) is 0.848. The van der Waals surface area contributed by atoms with Gasteiger partial charge in [-0.1, -0.05) is 48.5 Å². The average Bonchev–Trinajstić information content (AvgIpc) is 2.61. The fourth-order valence-corrected chi connectivity index (χ4v) is 2.64. The van der Waals surface area contributed by atoms with E-state index in [1.807, 2.05) is 42.5 Å². The predicted octanol–water partition coefficient (Wildman–Crippen LogP) is 5.18. The fourth-order valence-electron chi connectivity index (χ4n) is 2.64. The summed E-state index contributed by atoms with van der Waals surface area (Å²) in [4.78, 5) is 0. The summed E-state index contributed by atoms with van der Waals surface area (Å²) in [6.45, 7) is 0. The highest BCUT2D eigenvalue weighted by Crippen LogP contribution is 2.40. The average molecular weight is 308 g/mol. The third kappa shape index (κ3) is 2.90. The molecule has 0 atom stereocenters. The van der Waals surface area contributed by atoms with Gasteiger partial charge in [-0.3, -0.25) is 0 Å². The largest absolute Gasteiger partial charge is 0.496 e. The van der Waals surface area contributed by atoms with Crippen molar-refractivity contribution in [1.29, 1.82) is 0 Å². The van der Waals surface area contributed by atoms with Crippen LogP contribution in [0.5, 0.6) is 11.5 Å². The van der Waals surface area contributed by atoms with Crippen molar-refractivity contribution in [2.24, 2.45) is 0 Å². The predicted molar refractivity (Wildman–Crippen MR) is 90.4 cm³/mol. The first kappa shape index (κ1) is 15.1. The molecule has 0 amide bonds. The molecule has 0 unspecified atom stereocenters. The molecule has 23 heavy (non-hydrogen) atoms. The molecule has 0 saturated carbocycles. The summed E-state index contributed by atoms with van der Waals surface area (Å²) in [6.07, 6.45) is 0. The molecule has 3 aromatic carbocycles. The maximum Gasteiger partial charge on any atom is 0.131 e. The first-order valence-corrected chi connectivity index (χ1v) is 7.31. The van der Waals surface area contributed by atoms with Gasteiger partial charge in [0, 0.05) is 5.56 Å². The van der Waals surface area contributed by atoms with Gasteiger partial charge in [0.2, 0.25) is 0 Å². The number of ether oxygens (including phenoxy) is 2. The Morgan fingerprint density at radius 2 is 1.35 bits per heavy atom. The van der Waals surface area contributed by atoms with Crippen molar-refractivity contribution >= 4 is 0 Å². The Morgan fingerprint density at radius 1 is 0.696 bits per heavy atom. The minimum Gasteiger partial charge on any atom is -0.496 e. The van der Waals surface area contributed by atoms with Crippen molar-refractivity contribution in [3.05, 3.63) is 72.5 Å². The van der Waals surface area contributed by atoms with Crippen LogP contribution in [-0.2, 0) is 0 Å². The maximum atomic E-state index is 14.7. The minimum atomic E-state index is -0.311. The molecule has 0 spiro atoms. The molecule has 0 saturated heterocycles. The molecule has 0 aromatic heterocycles. The third-order valence-electron chi connectivity index (χ3n) is 3.77. The van der Waals surface area contributed by atoms with Gasteiger partial charge in [0.05, 0.1) is 19.8 Å². The van der Waals surface area contributed by atoms with Gasteiger partial charge >= 0.3 is 0 Å². The Morgan fingerprint density at radius 3 is 1.91 bits per heavy atom. The van der Waals surface area contributed by atoms with Crippen LogP contribution in [0.2, 0.25) is 0 Å². The lowest BCUT2D eigenvalue weighted by Gasteiger charge is -2.14. The van der Waals surface area contributed by atoms with Gasteiger partial charge in [0.1, 0.15) is 17.3 Å². The number of hydrogen-bond donors (Lipinski definition) is 0. The van der Waals surface area contributed by atoms with Crippen molar-refractivity contribution in [1.82, 2.24) is 0 Å². The molecule has 0 fully saturated rings. The van der Waals surface area contributed by atoms with Crippen molar-refractivity contribution in [2.45, 2.75) is 0 Å². The Kier molecular flexibility index (Phi) is 4.29. The van der Waals surface area contributed by atoms with Crippen LogP contribution in [0.25, 0.3) is 22.3 Å². The lowest BCUT2D eigenvalue weighted by atomic mass is 9.98. The summed E-state index contributed by atoms with van der Waals surface area (Å²) in [7, 11) is 3.13. The number of hydrogen-bond acceptors (Lipinski definition) is 2. The van der Waals surface area contributed by atoms with Crippen LogP contribution in [0.3, 0.4) is 0 Å². The van der Waals surface area contributed by atoms with Crippen LogP contribution in [0.4, 0.5) is 4.39 Å². The summed E-state index contributed by atoms with van der Waals surface area (Å²) in [5, 5.41) is 0. The molecule has 0 aliphatic carbocycles. The van der Waals surface area contributed by atoms with E-state index in [9.17, 15) is 4.39 Å². The van der Waals surface area contributed by atoms with E-state index < -0.39 is 0 Å². The smallest absolute Gasteiger partial charge is 0.131 e. The van der Waals surface area contributed by atoms with E-state index in [0.29, 0.717) is 22.6 Å². The highest BCUT2D eigenvalue weighted by atomic mass is 19.1. The Labute approximate surface area is 135 Å². The topological polar surface area (TPSA) is 18.5 Å². The summed E-state index contributed by atoms with van der Waals surface area (Å²) in [5.41, 5.74) is 2.89. The zero-order valence-electron chi connectivity index (χ0n) is 13.0. The number of benzene rings is 3. The van der Waals surface area contributed by atoms with Gasteiger partial charge in [-0.2, -0.15) is 0 Å². The first-order valence-electron chi connectivity index (χ1n) is 7.31. The molecule has 0 aliphatic rings. The van der Waals surface area contributed by atoms with E-state index in [4.69, 9.17) is 9.47 Å². The van der Waals surface area contributed by atoms with Crippen molar-refractivity contribution in [3.63, 3.8) is 0 Å². The summed E-state index contributed by atoms with van der Waals surface area (Å²) in [6, 6.07) is 20.3. The van der Waals surface area contributed by atoms with E-state index in [1.54, 1.807) is 32.4 Å². The second-order valence-electron chi connectivity index (χ2n) is 5.10. The highest BCUT2D eigenvalue weighted by molar-refractivity contribution is 5.79. The number of rotatable bonds is 4. The van der Waals surface area contributed by atoms with Crippen LogP contribution in [0, 0.1) is 5.82 Å². The first-order chi connectivity index (χ1) is 11.2. The van der Waals surface area contributed by atoms with E-state index in [2.05, 4.69) is 0 Å². The highest BCUT2D eigenvalue weighted by Gasteiger charge is 2.16. The molecule has 3 heteroatoms. The molecule has 0 N–H and O–H groups in total. The molecule has 3 aromatic rings. The Bertz CT molecular complexity index is 791. The van der Waals surface area contributed by atoms with Crippen LogP contribution in [-0.4, -0.2) is 14.2 Å². The lowest BCUT2D eigenvalue weighted by molar-refractivity contribution is 0.397. The summed E-state index contributed by atoms with van der Waals surface area (Å²) >= 11 is 0. The molecular formula is C20H17FO2. The lowest BCUT2D eigenvalue weighted by Crippen LogP contribution is -1.95. The van der Waals surface area contributed by atoms with Gasteiger partial charge in [-0.05, 0) is 29.3 Å². The molecule has 116 valence electrons. The standard InChI is InChI=1S/C20H17FO2/c1-22-18-9-6-10-19(23-2)20(18)16-12-11-15(13-17(16)21)14-7-4-3-5-8-14/h3-13H,1-2H3. The van der Waals surface area contributed by atoms with Crippen LogP contribution < -0.4 is 9.47 Å². The zero-order valence-corrected chi connectivity index (χ0v) is 13.0.